The molecule has 0 radical (unpaired) electrons. The molecule has 3 aromatic rings. The molecule has 3 rings (SSSR count). The third-order valence-electron chi connectivity index (χ3n) is 3.47. The number of pyridine rings is 1. The van der Waals surface area contributed by atoms with Crippen LogP contribution in [0.15, 0.2) is 30.5 Å². The highest BCUT2D eigenvalue weighted by molar-refractivity contribution is 6.04. The van der Waals surface area contributed by atoms with Gasteiger partial charge in [-0.2, -0.15) is 5.10 Å². The van der Waals surface area contributed by atoms with E-state index < -0.39 is 5.97 Å². The Labute approximate surface area is 131 Å². The summed E-state index contributed by atoms with van der Waals surface area (Å²) in [4.78, 5) is 16.4. The van der Waals surface area contributed by atoms with Gasteiger partial charge in [-0.25, -0.2) is 18.9 Å². The van der Waals surface area contributed by atoms with Crippen LogP contribution < -0.4 is 5.73 Å². The quantitative estimate of drug-likeness (QED) is 0.751. The first-order valence-corrected chi connectivity index (χ1v) is 7.09. The van der Waals surface area contributed by atoms with Gasteiger partial charge in [0.15, 0.2) is 5.65 Å². The van der Waals surface area contributed by atoms with Gasteiger partial charge in [-0.15, -0.1) is 0 Å². The molecule has 0 fully saturated rings. The molecule has 2 heterocycles. The highest BCUT2D eigenvalue weighted by Gasteiger charge is 2.21. The Morgan fingerprint density at radius 2 is 2.22 bits per heavy atom. The number of aromatic nitrogens is 3. The SMILES string of the molecule is CCOC(=O)c1c(C)nc2c(cnn2-c2cccc(F)c2)c1N. The molecule has 0 spiro atoms. The summed E-state index contributed by atoms with van der Waals surface area (Å²) in [6.45, 7) is 3.64. The largest absolute Gasteiger partial charge is 0.462 e. The number of nitrogens with two attached hydrogens (primary N) is 1. The molecule has 0 saturated carbocycles. The van der Waals surface area contributed by atoms with Crippen LogP contribution in [-0.4, -0.2) is 27.3 Å². The molecule has 0 saturated heterocycles. The van der Waals surface area contributed by atoms with E-state index in [-0.39, 0.29) is 23.7 Å². The lowest BCUT2D eigenvalue weighted by Crippen LogP contribution is -2.12. The molecule has 2 aromatic heterocycles. The highest BCUT2D eigenvalue weighted by atomic mass is 19.1. The van der Waals surface area contributed by atoms with E-state index >= 15 is 0 Å². The molecule has 0 aliphatic carbocycles. The number of carbonyl (C=O) groups excluding carboxylic acids is 1. The Hall–Kier alpha value is -2.96. The van der Waals surface area contributed by atoms with E-state index in [1.54, 1.807) is 26.0 Å². The number of anilines is 1. The van der Waals surface area contributed by atoms with Crippen LogP contribution in [0.25, 0.3) is 16.7 Å². The third-order valence-corrected chi connectivity index (χ3v) is 3.47. The Kier molecular flexibility index (Phi) is 3.69. The fraction of sp³-hybridized carbons (Fsp3) is 0.188. The lowest BCUT2D eigenvalue weighted by atomic mass is 10.1. The van der Waals surface area contributed by atoms with Crippen LogP contribution >= 0.6 is 0 Å². The Morgan fingerprint density at radius 3 is 2.91 bits per heavy atom. The number of halogens is 1. The molecule has 0 atom stereocenters. The number of ether oxygens (including phenoxy) is 1. The molecule has 23 heavy (non-hydrogen) atoms. The molecule has 0 amide bonds. The van der Waals surface area contributed by atoms with Crippen LogP contribution in [0.3, 0.4) is 0 Å². The van der Waals surface area contributed by atoms with Gasteiger partial charge < -0.3 is 10.5 Å². The minimum Gasteiger partial charge on any atom is -0.462 e. The summed E-state index contributed by atoms with van der Waals surface area (Å²) in [7, 11) is 0. The average molecular weight is 314 g/mol. The van der Waals surface area contributed by atoms with Gasteiger partial charge in [0.05, 0.1) is 35.3 Å². The van der Waals surface area contributed by atoms with E-state index in [1.807, 2.05) is 0 Å². The molecule has 0 aliphatic heterocycles. The van der Waals surface area contributed by atoms with Crippen molar-refractivity contribution in [3.8, 4) is 5.69 Å². The standard InChI is InChI=1S/C16H15FN4O2/c1-3-23-16(22)13-9(2)20-15-12(14(13)18)8-19-21(15)11-6-4-5-10(17)7-11/h4-8H,3H2,1-2H3,(H2,18,20). The Balaban J connectivity index is 2.21. The molecule has 6 nitrogen and oxygen atoms in total. The van der Waals surface area contributed by atoms with Crippen molar-refractivity contribution in [1.29, 1.82) is 0 Å². The smallest absolute Gasteiger partial charge is 0.342 e. The van der Waals surface area contributed by atoms with Crippen molar-refractivity contribution in [2.45, 2.75) is 13.8 Å². The minimum absolute atomic E-state index is 0.234. The number of nitrogen functional groups attached to an aromatic ring is 1. The zero-order valence-corrected chi connectivity index (χ0v) is 12.7. The first-order valence-electron chi connectivity index (χ1n) is 7.09. The molecule has 0 aliphatic rings. The van der Waals surface area contributed by atoms with Crippen molar-refractivity contribution < 1.29 is 13.9 Å². The van der Waals surface area contributed by atoms with E-state index in [1.165, 1.54) is 23.0 Å². The molecule has 7 heteroatoms. The summed E-state index contributed by atoms with van der Waals surface area (Å²) >= 11 is 0. The number of esters is 1. The van der Waals surface area contributed by atoms with Crippen LogP contribution in [0.1, 0.15) is 23.0 Å². The maximum Gasteiger partial charge on any atom is 0.342 e. The second-order valence-electron chi connectivity index (χ2n) is 4.98. The molecule has 0 bridgehead atoms. The minimum atomic E-state index is -0.518. The summed E-state index contributed by atoms with van der Waals surface area (Å²) < 4.78 is 19.9. The van der Waals surface area contributed by atoms with E-state index in [9.17, 15) is 9.18 Å². The van der Waals surface area contributed by atoms with Gasteiger partial charge in [-0.05, 0) is 32.0 Å². The van der Waals surface area contributed by atoms with Crippen molar-refractivity contribution in [3.05, 3.63) is 47.5 Å². The Bertz CT molecular complexity index is 904. The molecular weight excluding hydrogens is 299 g/mol. The Morgan fingerprint density at radius 1 is 1.43 bits per heavy atom. The van der Waals surface area contributed by atoms with Crippen LogP contribution in [0.5, 0.6) is 0 Å². The van der Waals surface area contributed by atoms with Gasteiger partial charge in [0.25, 0.3) is 0 Å². The first kappa shape index (κ1) is 15.0. The average Bonchev–Trinajstić information content (AvgIpc) is 2.91. The molecule has 2 N–H and O–H groups in total. The number of hydrogen-bond donors (Lipinski definition) is 1. The number of rotatable bonds is 3. The predicted molar refractivity (Wildman–Crippen MR) is 83.9 cm³/mol. The number of nitrogens with zero attached hydrogens (tertiary/aromatic N) is 3. The lowest BCUT2D eigenvalue weighted by Gasteiger charge is -2.10. The van der Waals surface area contributed by atoms with Crippen LogP contribution in [0, 0.1) is 12.7 Å². The van der Waals surface area contributed by atoms with Crippen LogP contribution in [-0.2, 0) is 4.74 Å². The number of carbonyl (C=O) groups is 1. The van der Waals surface area contributed by atoms with Crippen molar-refractivity contribution >= 4 is 22.7 Å². The van der Waals surface area contributed by atoms with Crippen molar-refractivity contribution in [3.63, 3.8) is 0 Å². The zero-order valence-electron chi connectivity index (χ0n) is 12.7. The van der Waals surface area contributed by atoms with Crippen molar-refractivity contribution in [2.24, 2.45) is 0 Å². The zero-order chi connectivity index (χ0) is 16.6. The summed E-state index contributed by atoms with van der Waals surface area (Å²) in [5.74, 6) is -0.894. The van der Waals surface area contributed by atoms with Gasteiger partial charge >= 0.3 is 5.97 Å². The monoisotopic (exact) mass is 314 g/mol. The number of hydrogen-bond acceptors (Lipinski definition) is 5. The fourth-order valence-electron chi connectivity index (χ4n) is 2.44. The van der Waals surface area contributed by atoms with Crippen LogP contribution in [0.2, 0.25) is 0 Å². The summed E-state index contributed by atoms with van der Waals surface area (Å²) in [5.41, 5.74) is 8.01. The highest BCUT2D eigenvalue weighted by Crippen LogP contribution is 2.27. The summed E-state index contributed by atoms with van der Waals surface area (Å²) in [6.07, 6.45) is 1.50. The second-order valence-corrected chi connectivity index (χ2v) is 4.98. The number of fused-ring (bicyclic) bond motifs is 1. The normalized spacial score (nSPS) is 10.9. The number of aryl methyl sites for hydroxylation is 1. The topological polar surface area (TPSA) is 83.0 Å². The maximum absolute atomic E-state index is 13.4. The third kappa shape index (κ3) is 2.50. The second kappa shape index (κ2) is 5.68. The van der Waals surface area contributed by atoms with Crippen molar-refractivity contribution in [2.75, 3.05) is 12.3 Å². The maximum atomic E-state index is 13.4. The van der Waals surface area contributed by atoms with E-state index in [4.69, 9.17) is 10.5 Å². The van der Waals surface area contributed by atoms with Gasteiger partial charge in [0, 0.05) is 0 Å². The predicted octanol–water partition coefficient (Wildman–Crippen LogP) is 2.63. The van der Waals surface area contributed by atoms with E-state index in [0.29, 0.717) is 22.4 Å². The van der Waals surface area contributed by atoms with Gasteiger partial charge in [0.2, 0.25) is 0 Å². The molecular formula is C16H15FN4O2. The van der Waals surface area contributed by atoms with Gasteiger partial charge in [-0.3, -0.25) is 0 Å². The summed E-state index contributed by atoms with van der Waals surface area (Å²) in [6, 6.07) is 5.99. The van der Waals surface area contributed by atoms with E-state index in [2.05, 4.69) is 10.1 Å². The van der Waals surface area contributed by atoms with E-state index in [0.717, 1.165) is 0 Å². The first-order chi connectivity index (χ1) is 11.0. The molecule has 118 valence electrons. The van der Waals surface area contributed by atoms with Gasteiger partial charge in [-0.1, -0.05) is 6.07 Å². The fourth-order valence-corrected chi connectivity index (χ4v) is 2.44. The lowest BCUT2D eigenvalue weighted by molar-refractivity contribution is 0.0526. The molecule has 1 aromatic carbocycles. The number of benzene rings is 1. The van der Waals surface area contributed by atoms with Crippen molar-refractivity contribution in [1.82, 2.24) is 14.8 Å². The molecule has 0 unspecified atom stereocenters. The summed E-state index contributed by atoms with van der Waals surface area (Å²) in [5, 5.41) is 4.73. The van der Waals surface area contributed by atoms with Crippen LogP contribution in [0.4, 0.5) is 10.1 Å². The van der Waals surface area contributed by atoms with Gasteiger partial charge in [0.1, 0.15) is 11.4 Å².